The van der Waals surface area contributed by atoms with Gasteiger partial charge in [0.05, 0.1) is 6.61 Å². The minimum absolute atomic E-state index is 0.0225. The Kier molecular flexibility index (Phi) is 6.95. The Morgan fingerprint density at radius 3 is 2.68 bits per heavy atom. The normalized spacial score (nSPS) is 22.2. The molecule has 0 aliphatic heterocycles. The summed E-state index contributed by atoms with van der Waals surface area (Å²) < 4.78 is 12.0. The van der Waals surface area contributed by atoms with E-state index in [1.807, 2.05) is 43.3 Å². The van der Waals surface area contributed by atoms with Crippen LogP contribution >= 0.6 is 0 Å². The molecule has 2 aromatic carbocycles. The molecule has 1 aliphatic rings. The Morgan fingerprint density at radius 1 is 1.18 bits per heavy atom. The summed E-state index contributed by atoms with van der Waals surface area (Å²) in [5, 5.41) is 5.20. The number of rotatable bonds is 8. The smallest absolute Gasteiger partial charge is 0.256 e. The molecule has 4 nitrogen and oxygen atoms in total. The molecular formula is C24H33NO3. The lowest BCUT2D eigenvalue weighted by Gasteiger charge is -2.38. The number of anilines is 1. The topological polar surface area (TPSA) is 47.6 Å². The number of nitrogens with one attached hydrogen (secondary N) is 1. The van der Waals surface area contributed by atoms with Gasteiger partial charge in [0.1, 0.15) is 11.4 Å². The fourth-order valence-electron chi connectivity index (χ4n) is 4.25. The first-order valence-corrected chi connectivity index (χ1v) is 10.7. The molecule has 0 aromatic heterocycles. The summed E-state index contributed by atoms with van der Waals surface area (Å²) in [6, 6.07) is 12.0. The lowest BCUT2D eigenvalue weighted by atomic mass is 9.78. The lowest BCUT2D eigenvalue weighted by Crippen LogP contribution is -2.48. The molecule has 28 heavy (non-hydrogen) atoms. The first kappa shape index (κ1) is 20.7. The van der Waals surface area contributed by atoms with Crippen LogP contribution in [0.5, 0.6) is 5.75 Å². The van der Waals surface area contributed by atoms with Gasteiger partial charge in [-0.05, 0) is 50.7 Å². The SMILES string of the molecule is CCCCOc1ccc(NC(=O)C2(OCC)CCCC(C)C2)c2ccccc12. The standard InChI is InChI=1S/C24H33NO3/c1-4-6-16-27-22-14-13-21(19-11-7-8-12-20(19)22)25-23(26)24(28-5-2)15-9-10-18(3)17-24/h7-8,11-14,18H,4-6,9-10,15-17H2,1-3H3,(H,25,26). The molecule has 2 atom stereocenters. The molecule has 0 saturated heterocycles. The van der Waals surface area contributed by atoms with Crippen molar-refractivity contribution in [2.45, 2.75) is 64.9 Å². The minimum atomic E-state index is -0.718. The predicted octanol–water partition coefficient (Wildman–Crippen LogP) is 5.94. The third kappa shape index (κ3) is 4.49. The quantitative estimate of drug-likeness (QED) is 0.574. The average molecular weight is 384 g/mol. The molecule has 152 valence electrons. The Hall–Kier alpha value is -2.07. The molecule has 0 radical (unpaired) electrons. The van der Waals surface area contributed by atoms with Crippen molar-refractivity contribution in [3.05, 3.63) is 36.4 Å². The first-order chi connectivity index (χ1) is 13.6. The second-order valence-corrected chi connectivity index (χ2v) is 7.94. The molecule has 3 rings (SSSR count). The summed E-state index contributed by atoms with van der Waals surface area (Å²) in [6.07, 6.45) is 5.89. The second-order valence-electron chi connectivity index (χ2n) is 7.94. The number of fused-ring (bicyclic) bond motifs is 1. The molecule has 1 fully saturated rings. The van der Waals surface area contributed by atoms with E-state index in [-0.39, 0.29) is 5.91 Å². The maximum absolute atomic E-state index is 13.3. The van der Waals surface area contributed by atoms with Gasteiger partial charge < -0.3 is 14.8 Å². The molecular weight excluding hydrogens is 350 g/mol. The van der Waals surface area contributed by atoms with Crippen LogP contribution in [-0.4, -0.2) is 24.7 Å². The molecule has 0 heterocycles. The van der Waals surface area contributed by atoms with E-state index in [4.69, 9.17) is 9.47 Å². The molecule has 4 heteroatoms. The molecule has 1 amide bonds. The zero-order chi connectivity index (χ0) is 20.0. The molecule has 1 saturated carbocycles. The first-order valence-electron chi connectivity index (χ1n) is 10.7. The summed E-state index contributed by atoms with van der Waals surface area (Å²) in [7, 11) is 0. The summed E-state index contributed by atoms with van der Waals surface area (Å²) in [5.74, 6) is 1.34. The van der Waals surface area contributed by atoms with Gasteiger partial charge in [0.25, 0.3) is 5.91 Å². The third-order valence-electron chi connectivity index (χ3n) is 5.68. The van der Waals surface area contributed by atoms with Gasteiger partial charge in [-0.3, -0.25) is 4.79 Å². The van der Waals surface area contributed by atoms with Gasteiger partial charge >= 0.3 is 0 Å². The molecule has 0 bridgehead atoms. The van der Waals surface area contributed by atoms with E-state index in [1.54, 1.807) is 0 Å². The Morgan fingerprint density at radius 2 is 1.96 bits per heavy atom. The number of hydrogen-bond donors (Lipinski definition) is 1. The van der Waals surface area contributed by atoms with E-state index in [0.717, 1.165) is 60.7 Å². The summed E-state index contributed by atoms with van der Waals surface area (Å²) >= 11 is 0. The van der Waals surface area contributed by atoms with Gasteiger partial charge in [-0.15, -0.1) is 0 Å². The lowest BCUT2D eigenvalue weighted by molar-refractivity contribution is -0.147. The van der Waals surface area contributed by atoms with Gasteiger partial charge in [0.15, 0.2) is 0 Å². The van der Waals surface area contributed by atoms with Crippen LogP contribution in [0.15, 0.2) is 36.4 Å². The monoisotopic (exact) mass is 383 g/mol. The van der Waals surface area contributed by atoms with Crippen LogP contribution < -0.4 is 10.1 Å². The zero-order valence-electron chi connectivity index (χ0n) is 17.4. The highest BCUT2D eigenvalue weighted by atomic mass is 16.5. The zero-order valence-corrected chi connectivity index (χ0v) is 17.4. The largest absolute Gasteiger partial charge is 0.493 e. The summed E-state index contributed by atoms with van der Waals surface area (Å²) in [5.41, 5.74) is 0.102. The maximum atomic E-state index is 13.3. The van der Waals surface area contributed by atoms with Crippen LogP contribution in [0.3, 0.4) is 0 Å². The second kappa shape index (κ2) is 9.42. The van der Waals surface area contributed by atoms with E-state index >= 15 is 0 Å². The highest BCUT2D eigenvalue weighted by molar-refractivity contribution is 6.06. The van der Waals surface area contributed by atoms with Crippen LogP contribution in [0.1, 0.15) is 59.3 Å². The predicted molar refractivity (Wildman–Crippen MR) is 115 cm³/mol. The average Bonchev–Trinajstić information content (AvgIpc) is 2.70. The van der Waals surface area contributed by atoms with Crippen molar-refractivity contribution >= 4 is 22.4 Å². The number of benzene rings is 2. The Bertz CT molecular complexity index is 800. The molecule has 2 unspecified atom stereocenters. The van der Waals surface area contributed by atoms with Gasteiger partial charge in [0.2, 0.25) is 0 Å². The molecule has 1 N–H and O–H groups in total. The number of amides is 1. The van der Waals surface area contributed by atoms with Crippen molar-refractivity contribution in [2.75, 3.05) is 18.5 Å². The van der Waals surface area contributed by atoms with Crippen LogP contribution in [0.4, 0.5) is 5.69 Å². The maximum Gasteiger partial charge on any atom is 0.256 e. The van der Waals surface area contributed by atoms with Gasteiger partial charge in [-0.1, -0.05) is 51.0 Å². The fraction of sp³-hybridized carbons (Fsp3) is 0.542. The van der Waals surface area contributed by atoms with Crippen molar-refractivity contribution in [1.82, 2.24) is 0 Å². The van der Waals surface area contributed by atoms with Crippen molar-refractivity contribution in [1.29, 1.82) is 0 Å². The fourth-order valence-corrected chi connectivity index (χ4v) is 4.25. The minimum Gasteiger partial charge on any atom is -0.493 e. The number of ether oxygens (including phenoxy) is 2. The van der Waals surface area contributed by atoms with Gasteiger partial charge in [0, 0.05) is 23.1 Å². The molecule has 1 aliphatic carbocycles. The van der Waals surface area contributed by atoms with E-state index in [0.29, 0.717) is 19.1 Å². The summed E-state index contributed by atoms with van der Waals surface area (Å²) in [6.45, 7) is 7.58. The van der Waals surface area contributed by atoms with E-state index in [1.165, 1.54) is 0 Å². The third-order valence-corrected chi connectivity index (χ3v) is 5.68. The summed E-state index contributed by atoms with van der Waals surface area (Å²) in [4.78, 5) is 13.3. The Labute approximate surface area is 168 Å². The molecule has 2 aromatic rings. The number of carbonyl (C=O) groups excluding carboxylic acids is 1. The highest BCUT2D eigenvalue weighted by Crippen LogP contribution is 2.38. The van der Waals surface area contributed by atoms with Gasteiger partial charge in [-0.2, -0.15) is 0 Å². The van der Waals surface area contributed by atoms with E-state index in [9.17, 15) is 4.79 Å². The number of unbranched alkanes of at least 4 members (excludes halogenated alkanes) is 1. The van der Waals surface area contributed by atoms with Crippen LogP contribution in [0.2, 0.25) is 0 Å². The number of hydrogen-bond acceptors (Lipinski definition) is 3. The van der Waals surface area contributed by atoms with Crippen molar-refractivity contribution < 1.29 is 14.3 Å². The van der Waals surface area contributed by atoms with Crippen molar-refractivity contribution in [2.24, 2.45) is 5.92 Å². The van der Waals surface area contributed by atoms with Crippen molar-refractivity contribution in [3.63, 3.8) is 0 Å². The van der Waals surface area contributed by atoms with Gasteiger partial charge in [-0.25, -0.2) is 0 Å². The van der Waals surface area contributed by atoms with E-state index < -0.39 is 5.60 Å². The van der Waals surface area contributed by atoms with Crippen LogP contribution in [0, 0.1) is 5.92 Å². The van der Waals surface area contributed by atoms with Crippen LogP contribution in [0.25, 0.3) is 10.8 Å². The van der Waals surface area contributed by atoms with Crippen LogP contribution in [-0.2, 0) is 9.53 Å². The molecule has 0 spiro atoms. The van der Waals surface area contributed by atoms with E-state index in [2.05, 4.69) is 19.2 Å². The number of carbonyl (C=O) groups is 1. The van der Waals surface area contributed by atoms with Crippen molar-refractivity contribution in [3.8, 4) is 5.75 Å². The highest BCUT2D eigenvalue weighted by Gasteiger charge is 2.42. The Balaban J connectivity index is 1.87.